The Morgan fingerprint density at radius 1 is 1.29 bits per heavy atom. The maximum Gasteiger partial charge on any atom is 0.344 e. The van der Waals surface area contributed by atoms with Gasteiger partial charge in [-0.25, -0.2) is 4.79 Å². The van der Waals surface area contributed by atoms with Gasteiger partial charge in [-0.3, -0.25) is 9.59 Å². The number of benzene rings is 1. The van der Waals surface area contributed by atoms with E-state index < -0.39 is 24.0 Å². The van der Waals surface area contributed by atoms with E-state index in [0.29, 0.717) is 17.6 Å². The zero-order valence-electron chi connectivity index (χ0n) is 13.9. The molecule has 7 nitrogen and oxygen atoms in total. The van der Waals surface area contributed by atoms with Crippen LogP contribution >= 0.6 is 0 Å². The zero-order valence-corrected chi connectivity index (χ0v) is 13.9. The van der Waals surface area contributed by atoms with Crippen LogP contribution in [0.15, 0.2) is 24.3 Å². The Morgan fingerprint density at radius 3 is 2.42 bits per heavy atom. The number of nitrogens with one attached hydrogen (secondary N) is 1. The number of carbonyl (C=O) groups excluding carboxylic acids is 3. The van der Waals surface area contributed by atoms with E-state index in [2.05, 4.69) is 5.32 Å². The van der Waals surface area contributed by atoms with Crippen LogP contribution in [0.1, 0.15) is 31.1 Å². The summed E-state index contributed by atoms with van der Waals surface area (Å²) in [7, 11) is 0. The second-order valence-electron chi connectivity index (χ2n) is 5.65. The van der Waals surface area contributed by atoms with Crippen molar-refractivity contribution in [3.05, 3.63) is 29.8 Å². The molecule has 1 atom stereocenters. The monoisotopic (exact) mass is 332 g/mol. The number of hydrogen-bond acceptors (Lipinski definition) is 6. The van der Waals surface area contributed by atoms with Crippen molar-refractivity contribution in [2.75, 3.05) is 13.2 Å². The molecule has 0 aliphatic rings. The number of ether oxygens (including phenoxy) is 2. The molecule has 1 aromatic rings. The Morgan fingerprint density at radius 2 is 1.92 bits per heavy atom. The molecule has 0 aliphatic heterocycles. The summed E-state index contributed by atoms with van der Waals surface area (Å²) in [5.74, 6) is -0.969. The molecule has 24 heavy (non-hydrogen) atoms. The number of amides is 1. The minimum Gasteiger partial charge on any atom is -0.482 e. The minimum atomic E-state index is -1.03. The lowest BCUT2D eigenvalue weighted by atomic mass is 9.90. The molecule has 1 N–H and O–H groups in total. The van der Waals surface area contributed by atoms with Gasteiger partial charge in [0.05, 0.1) is 6.07 Å². The van der Waals surface area contributed by atoms with E-state index in [0.717, 1.165) is 0 Å². The van der Waals surface area contributed by atoms with Crippen LogP contribution < -0.4 is 10.1 Å². The van der Waals surface area contributed by atoms with Crippen LogP contribution in [0.3, 0.4) is 0 Å². The van der Waals surface area contributed by atoms with E-state index in [1.54, 1.807) is 45.0 Å². The van der Waals surface area contributed by atoms with Gasteiger partial charge in [-0.15, -0.1) is 0 Å². The average molecular weight is 332 g/mol. The van der Waals surface area contributed by atoms with Gasteiger partial charge in [0.2, 0.25) is 0 Å². The van der Waals surface area contributed by atoms with Crippen LogP contribution in [-0.4, -0.2) is 36.9 Å². The van der Waals surface area contributed by atoms with Gasteiger partial charge in [0.25, 0.3) is 5.91 Å². The van der Waals surface area contributed by atoms with Gasteiger partial charge in [-0.2, -0.15) is 5.26 Å². The average Bonchev–Trinajstić information content (AvgIpc) is 2.58. The zero-order chi connectivity index (χ0) is 18.2. The number of rotatable bonds is 8. The number of hydrogen-bond donors (Lipinski definition) is 1. The molecule has 1 amide bonds. The third kappa shape index (κ3) is 5.72. The summed E-state index contributed by atoms with van der Waals surface area (Å²) in [5, 5.41) is 11.6. The van der Waals surface area contributed by atoms with Crippen molar-refractivity contribution in [3.8, 4) is 11.8 Å². The first-order valence-corrected chi connectivity index (χ1v) is 7.36. The quantitative estimate of drug-likeness (QED) is 0.571. The van der Waals surface area contributed by atoms with Crippen molar-refractivity contribution in [2.24, 2.45) is 5.92 Å². The maximum absolute atomic E-state index is 11.8. The lowest BCUT2D eigenvalue weighted by Crippen LogP contribution is -2.50. The highest BCUT2D eigenvalue weighted by Crippen LogP contribution is 2.15. The predicted molar refractivity (Wildman–Crippen MR) is 85.3 cm³/mol. The third-order valence-corrected chi connectivity index (χ3v) is 3.52. The summed E-state index contributed by atoms with van der Waals surface area (Å²) in [6, 6.07) is 8.23. The first-order valence-electron chi connectivity index (χ1n) is 7.36. The molecule has 0 fully saturated rings. The Bertz CT molecular complexity index is 633. The number of esters is 1. The van der Waals surface area contributed by atoms with E-state index in [9.17, 15) is 14.4 Å². The van der Waals surface area contributed by atoms with Crippen molar-refractivity contribution in [1.82, 2.24) is 5.32 Å². The smallest absolute Gasteiger partial charge is 0.344 e. The second kappa shape index (κ2) is 8.67. The molecule has 0 spiro atoms. The summed E-state index contributed by atoms with van der Waals surface area (Å²) in [6.45, 7) is 4.35. The highest BCUT2D eigenvalue weighted by molar-refractivity contribution is 5.81. The lowest BCUT2D eigenvalue weighted by molar-refractivity contribution is -0.150. The van der Waals surface area contributed by atoms with Gasteiger partial charge < -0.3 is 14.8 Å². The Labute approximate surface area is 140 Å². The van der Waals surface area contributed by atoms with Crippen LogP contribution in [0.4, 0.5) is 0 Å². The normalized spacial score (nSPS) is 12.6. The van der Waals surface area contributed by atoms with E-state index in [1.165, 1.54) is 0 Å². The van der Waals surface area contributed by atoms with Gasteiger partial charge in [-0.1, -0.05) is 13.8 Å². The van der Waals surface area contributed by atoms with Crippen molar-refractivity contribution in [1.29, 1.82) is 5.26 Å². The second-order valence-corrected chi connectivity index (χ2v) is 5.65. The first-order chi connectivity index (χ1) is 11.3. The van der Waals surface area contributed by atoms with Crippen molar-refractivity contribution >= 4 is 18.2 Å². The molecule has 0 radical (unpaired) electrons. The van der Waals surface area contributed by atoms with Crippen LogP contribution in [0.5, 0.6) is 5.75 Å². The standard InChI is InChI=1S/C17H20N2O5/c1-12(2)17(3,11-18)19-15(21)9-24-16(22)10-23-14-6-4-13(8-20)5-7-14/h4-8,12H,9-10H2,1-3H3,(H,19,21)/t17-/m1/s1. The molecule has 0 aromatic heterocycles. The van der Waals surface area contributed by atoms with Gasteiger partial charge in [0.1, 0.15) is 17.6 Å². The molecule has 0 saturated carbocycles. The van der Waals surface area contributed by atoms with Gasteiger partial charge >= 0.3 is 5.97 Å². The number of carbonyl (C=O) groups is 3. The SMILES string of the molecule is CC(C)[C@@](C)(C#N)NC(=O)COC(=O)COc1ccc(C=O)cc1. The van der Waals surface area contributed by atoms with E-state index in [1.807, 2.05) is 6.07 Å². The molecular weight excluding hydrogens is 312 g/mol. The molecule has 128 valence electrons. The van der Waals surface area contributed by atoms with E-state index in [4.69, 9.17) is 14.7 Å². The Hall–Kier alpha value is -2.88. The van der Waals surface area contributed by atoms with Crippen molar-refractivity contribution in [2.45, 2.75) is 26.3 Å². The van der Waals surface area contributed by atoms with E-state index in [-0.39, 0.29) is 12.5 Å². The highest BCUT2D eigenvalue weighted by Gasteiger charge is 2.30. The van der Waals surface area contributed by atoms with Crippen molar-refractivity contribution in [3.63, 3.8) is 0 Å². The van der Waals surface area contributed by atoms with Crippen molar-refractivity contribution < 1.29 is 23.9 Å². The van der Waals surface area contributed by atoms with Crippen LogP contribution in [0.25, 0.3) is 0 Å². The molecule has 0 bridgehead atoms. The van der Waals surface area contributed by atoms with Crippen LogP contribution in [0.2, 0.25) is 0 Å². The number of nitriles is 1. The fourth-order valence-electron chi connectivity index (χ4n) is 1.60. The number of nitrogens with zero attached hydrogens (tertiary/aromatic N) is 1. The van der Waals surface area contributed by atoms with Crippen LogP contribution in [-0.2, 0) is 14.3 Å². The predicted octanol–water partition coefficient (Wildman–Crippen LogP) is 1.48. The van der Waals surface area contributed by atoms with Crippen LogP contribution in [0, 0.1) is 17.2 Å². The van der Waals surface area contributed by atoms with Gasteiger partial charge in [-0.05, 0) is 37.1 Å². The molecule has 0 unspecified atom stereocenters. The summed E-state index contributed by atoms with van der Waals surface area (Å²) in [4.78, 5) is 33.8. The highest BCUT2D eigenvalue weighted by atomic mass is 16.6. The lowest BCUT2D eigenvalue weighted by Gasteiger charge is -2.27. The number of aldehydes is 1. The minimum absolute atomic E-state index is 0.0974. The first kappa shape index (κ1) is 19.2. The van der Waals surface area contributed by atoms with E-state index >= 15 is 0 Å². The summed E-state index contributed by atoms with van der Waals surface area (Å²) in [6.07, 6.45) is 0.697. The Kier molecular flexibility index (Phi) is 6.93. The fraction of sp³-hybridized carbons (Fsp3) is 0.412. The summed E-state index contributed by atoms with van der Waals surface area (Å²) >= 11 is 0. The topological polar surface area (TPSA) is 105 Å². The fourth-order valence-corrected chi connectivity index (χ4v) is 1.60. The Balaban J connectivity index is 2.39. The van der Waals surface area contributed by atoms with Gasteiger partial charge in [0, 0.05) is 5.56 Å². The molecule has 0 saturated heterocycles. The third-order valence-electron chi connectivity index (χ3n) is 3.52. The van der Waals surface area contributed by atoms with Gasteiger partial charge in [0.15, 0.2) is 13.2 Å². The molecule has 0 heterocycles. The molecule has 1 rings (SSSR count). The molecule has 7 heteroatoms. The largest absolute Gasteiger partial charge is 0.482 e. The molecular formula is C17H20N2O5. The molecule has 0 aliphatic carbocycles. The maximum atomic E-state index is 11.8. The summed E-state index contributed by atoms with van der Waals surface area (Å²) < 4.78 is 9.98. The molecule has 1 aromatic carbocycles. The summed E-state index contributed by atoms with van der Waals surface area (Å²) in [5.41, 5.74) is -0.535.